The highest BCUT2D eigenvalue weighted by Gasteiger charge is 2.18. The molecule has 0 atom stereocenters. The van der Waals surface area contributed by atoms with Crippen molar-refractivity contribution in [2.45, 2.75) is 57.4 Å². The zero-order chi connectivity index (χ0) is 14.4. The molecule has 0 saturated heterocycles. The molecule has 0 bridgehead atoms. The molecule has 1 aromatic rings. The van der Waals surface area contributed by atoms with E-state index < -0.39 is 0 Å². The SMILES string of the molecule is CCCCCCC(=O)N1CCSc2ccc(C)cc2C1. The highest BCUT2D eigenvalue weighted by atomic mass is 32.2. The van der Waals surface area contributed by atoms with E-state index >= 15 is 0 Å². The number of carbonyl (C=O) groups excluding carboxylic acids is 1. The van der Waals surface area contributed by atoms with Gasteiger partial charge in [-0.15, -0.1) is 11.8 Å². The lowest BCUT2D eigenvalue weighted by molar-refractivity contribution is -0.131. The molecule has 0 N–H and O–H groups in total. The van der Waals surface area contributed by atoms with E-state index in [0.29, 0.717) is 12.3 Å². The molecule has 2 rings (SSSR count). The molecule has 0 aliphatic carbocycles. The molecule has 0 saturated carbocycles. The minimum atomic E-state index is 0.330. The topological polar surface area (TPSA) is 20.3 Å². The highest BCUT2D eigenvalue weighted by molar-refractivity contribution is 7.99. The largest absolute Gasteiger partial charge is 0.337 e. The van der Waals surface area contributed by atoms with Crippen molar-refractivity contribution in [2.75, 3.05) is 12.3 Å². The predicted octanol–water partition coefficient (Wildman–Crippen LogP) is 4.40. The van der Waals surface area contributed by atoms with E-state index in [4.69, 9.17) is 0 Å². The maximum absolute atomic E-state index is 12.3. The average Bonchev–Trinajstić information content (AvgIpc) is 2.65. The summed E-state index contributed by atoms with van der Waals surface area (Å²) in [6.45, 7) is 5.99. The molecule has 1 heterocycles. The van der Waals surface area contributed by atoms with Crippen molar-refractivity contribution in [1.82, 2.24) is 4.90 Å². The first-order chi connectivity index (χ1) is 9.70. The van der Waals surface area contributed by atoms with Crippen molar-refractivity contribution in [3.8, 4) is 0 Å². The van der Waals surface area contributed by atoms with Gasteiger partial charge in [0.05, 0.1) is 0 Å². The molecule has 1 aliphatic heterocycles. The van der Waals surface area contributed by atoms with Crippen LogP contribution in [0.15, 0.2) is 23.1 Å². The zero-order valence-electron chi connectivity index (χ0n) is 12.7. The third kappa shape index (κ3) is 4.27. The van der Waals surface area contributed by atoms with Crippen molar-refractivity contribution in [3.05, 3.63) is 29.3 Å². The number of hydrogen-bond donors (Lipinski definition) is 0. The first-order valence-electron chi connectivity index (χ1n) is 7.71. The molecular formula is C17H25NOS. The van der Waals surface area contributed by atoms with Gasteiger partial charge in [-0.2, -0.15) is 0 Å². The molecule has 1 aliphatic rings. The van der Waals surface area contributed by atoms with Crippen molar-refractivity contribution in [2.24, 2.45) is 0 Å². The summed E-state index contributed by atoms with van der Waals surface area (Å²) in [6, 6.07) is 6.59. The number of nitrogens with zero attached hydrogens (tertiary/aromatic N) is 1. The Morgan fingerprint density at radius 2 is 2.15 bits per heavy atom. The lowest BCUT2D eigenvalue weighted by Crippen LogP contribution is -2.31. The number of fused-ring (bicyclic) bond motifs is 1. The van der Waals surface area contributed by atoms with Crippen LogP contribution in [0.1, 0.15) is 50.2 Å². The summed E-state index contributed by atoms with van der Waals surface area (Å²) in [5, 5.41) is 0. The van der Waals surface area contributed by atoms with Crippen LogP contribution in [0.4, 0.5) is 0 Å². The van der Waals surface area contributed by atoms with E-state index in [1.807, 2.05) is 16.7 Å². The third-order valence-electron chi connectivity index (χ3n) is 3.79. The normalized spacial score (nSPS) is 14.8. The summed E-state index contributed by atoms with van der Waals surface area (Å²) in [4.78, 5) is 15.7. The van der Waals surface area contributed by atoms with E-state index in [-0.39, 0.29) is 0 Å². The molecule has 3 heteroatoms. The number of benzene rings is 1. The predicted molar refractivity (Wildman–Crippen MR) is 86.1 cm³/mol. The number of aryl methyl sites for hydroxylation is 1. The van der Waals surface area contributed by atoms with Gasteiger partial charge in [0.2, 0.25) is 5.91 Å². The maximum atomic E-state index is 12.3. The Kier molecular flexibility index (Phi) is 5.96. The second-order valence-corrected chi connectivity index (χ2v) is 6.72. The summed E-state index contributed by atoms with van der Waals surface area (Å²) in [5.74, 6) is 1.34. The summed E-state index contributed by atoms with van der Waals surface area (Å²) >= 11 is 1.88. The smallest absolute Gasteiger partial charge is 0.222 e. The molecule has 0 fully saturated rings. The monoisotopic (exact) mass is 291 g/mol. The lowest BCUT2D eigenvalue weighted by atomic mass is 10.1. The Morgan fingerprint density at radius 3 is 2.95 bits per heavy atom. The van der Waals surface area contributed by atoms with Crippen LogP contribution in [-0.2, 0) is 11.3 Å². The first kappa shape index (κ1) is 15.4. The van der Waals surface area contributed by atoms with E-state index in [1.54, 1.807) is 0 Å². The van der Waals surface area contributed by atoms with Gasteiger partial charge in [0.25, 0.3) is 0 Å². The fraction of sp³-hybridized carbons (Fsp3) is 0.588. The van der Waals surface area contributed by atoms with Crippen molar-refractivity contribution >= 4 is 17.7 Å². The Hall–Kier alpha value is -0.960. The van der Waals surface area contributed by atoms with Crippen LogP contribution in [0.3, 0.4) is 0 Å². The van der Waals surface area contributed by atoms with Crippen LogP contribution in [0, 0.1) is 6.92 Å². The molecule has 0 radical (unpaired) electrons. The van der Waals surface area contributed by atoms with E-state index in [9.17, 15) is 4.79 Å². The Morgan fingerprint density at radius 1 is 1.30 bits per heavy atom. The maximum Gasteiger partial charge on any atom is 0.222 e. The summed E-state index contributed by atoms with van der Waals surface area (Å²) in [5.41, 5.74) is 2.59. The molecule has 1 aromatic carbocycles. The minimum absolute atomic E-state index is 0.330. The third-order valence-corrected chi connectivity index (χ3v) is 4.89. The van der Waals surface area contributed by atoms with Gasteiger partial charge in [-0.3, -0.25) is 4.79 Å². The van der Waals surface area contributed by atoms with E-state index in [0.717, 1.165) is 25.3 Å². The molecule has 0 unspecified atom stereocenters. The molecule has 20 heavy (non-hydrogen) atoms. The number of rotatable bonds is 5. The summed E-state index contributed by atoms with van der Waals surface area (Å²) in [6.07, 6.45) is 5.40. The standard InChI is InChI=1S/C17H25NOS/c1-3-4-5-6-7-17(19)18-10-11-20-16-9-8-14(2)12-15(16)13-18/h8-9,12H,3-7,10-11,13H2,1-2H3. The van der Waals surface area contributed by atoms with Crippen LogP contribution in [-0.4, -0.2) is 23.1 Å². The molecule has 1 amide bonds. The van der Waals surface area contributed by atoms with Gasteiger partial charge >= 0.3 is 0 Å². The quantitative estimate of drug-likeness (QED) is 0.749. The minimum Gasteiger partial charge on any atom is -0.337 e. The van der Waals surface area contributed by atoms with Gasteiger partial charge in [-0.05, 0) is 25.0 Å². The van der Waals surface area contributed by atoms with Crippen LogP contribution in [0.2, 0.25) is 0 Å². The molecule has 110 valence electrons. The fourth-order valence-corrected chi connectivity index (χ4v) is 3.60. The number of hydrogen-bond acceptors (Lipinski definition) is 2. The second kappa shape index (κ2) is 7.72. The molecule has 2 nitrogen and oxygen atoms in total. The van der Waals surface area contributed by atoms with E-state index in [1.165, 1.54) is 35.3 Å². The molecule has 0 spiro atoms. The van der Waals surface area contributed by atoms with Gasteiger partial charge in [0, 0.05) is 30.2 Å². The zero-order valence-corrected chi connectivity index (χ0v) is 13.5. The Labute approximate surface area is 126 Å². The van der Waals surface area contributed by atoms with Crippen LogP contribution >= 0.6 is 11.8 Å². The van der Waals surface area contributed by atoms with Crippen LogP contribution in [0.25, 0.3) is 0 Å². The number of carbonyl (C=O) groups is 1. The summed E-state index contributed by atoms with van der Waals surface area (Å²) in [7, 11) is 0. The average molecular weight is 291 g/mol. The molecular weight excluding hydrogens is 266 g/mol. The van der Waals surface area contributed by atoms with E-state index in [2.05, 4.69) is 32.0 Å². The van der Waals surface area contributed by atoms with Crippen molar-refractivity contribution in [3.63, 3.8) is 0 Å². The lowest BCUT2D eigenvalue weighted by Gasteiger charge is -2.20. The van der Waals surface area contributed by atoms with Gasteiger partial charge in [0.1, 0.15) is 0 Å². The Balaban J connectivity index is 1.94. The number of amides is 1. The molecule has 0 aromatic heterocycles. The van der Waals surface area contributed by atoms with Crippen molar-refractivity contribution < 1.29 is 4.79 Å². The van der Waals surface area contributed by atoms with Crippen LogP contribution < -0.4 is 0 Å². The van der Waals surface area contributed by atoms with Gasteiger partial charge in [-0.1, -0.05) is 43.9 Å². The second-order valence-electron chi connectivity index (χ2n) is 5.59. The van der Waals surface area contributed by atoms with Crippen LogP contribution in [0.5, 0.6) is 0 Å². The number of unbranched alkanes of at least 4 members (excludes halogenated alkanes) is 3. The first-order valence-corrected chi connectivity index (χ1v) is 8.69. The van der Waals surface area contributed by atoms with Gasteiger partial charge in [-0.25, -0.2) is 0 Å². The summed E-state index contributed by atoms with van der Waals surface area (Å²) < 4.78 is 0. The van der Waals surface area contributed by atoms with Gasteiger partial charge < -0.3 is 4.90 Å². The Bertz CT molecular complexity index is 458. The highest BCUT2D eigenvalue weighted by Crippen LogP contribution is 2.28. The number of thioether (sulfide) groups is 1. The van der Waals surface area contributed by atoms with Gasteiger partial charge in [0.15, 0.2) is 0 Å². The van der Waals surface area contributed by atoms with Crippen molar-refractivity contribution in [1.29, 1.82) is 0 Å². The fourth-order valence-electron chi connectivity index (χ4n) is 2.60.